The summed E-state index contributed by atoms with van der Waals surface area (Å²) in [5.41, 5.74) is 0.243. The van der Waals surface area contributed by atoms with Crippen LogP contribution in [-0.2, 0) is 0 Å². The number of carbonyl (C=O) groups is 1. The molecule has 0 aliphatic heterocycles. The Morgan fingerprint density at radius 2 is 1.96 bits per heavy atom. The van der Waals surface area contributed by atoms with Crippen molar-refractivity contribution in [1.29, 1.82) is 0 Å². The second-order valence-electron chi connectivity index (χ2n) is 4.66. The average Bonchev–Trinajstić information content (AvgIpc) is 2.58. The van der Waals surface area contributed by atoms with Gasteiger partial charge in [-0.2, -0.15) is 0 Å². The van der Waals surface area contributed by atoms with Crippen LogP contribution in [0, 0.1) is 0 Å². The Morgan fingerprint density at radius 3 is 2.74 bits per heavy atom. The molecule has 0 saturated carbocycles. The van der Waals surface area contributed by atoms with E-state index in [-0.39, 0.29) is 21.8 Å². The molecule has 3 aromatic rings. The fourth-order valence-electron chi connectivity index (χ4n) is 2.12. The Labute approximate surface area is 136 Å². The molecule has 0 bridgehead atoms. The lowest BCUT2D eigenvalue weighted by Gasteiger charge is -2.08. The van der Waals surface area contributed by atoms with Crippen LogP contribution in [0.4, 0.5) is 0 Å². The summed E-state index contributed by atoms with van der Waals surface area (Å²) in [6, 6.07) is 11.2. The first-order chi connectivity index (χ1) is 11.1. The fourth-order valence-corrected chi connectivity index (χ4v) is 2.27. The maximum atomic E-state index is 12.2. The summed E-state index contributed by atoms with van der Waals surface area (Å²) < 4.78 is 15.7. The van der Waals surface area contributed by atoms with E-state index < -0.39 is 5.97 Å². The van der Waals surface area contributed by atoms with E-state index in [9.17, 15) is 9.59 Å². The van der Waals surface area contributed by atoms with Crippen LogP contribution in [0.25, 0.3) is 11.0 Å². The minimum Gasteiger partial charge on any atom is -0.496 e. The Morgan fingerprint density at radius 1 is 1.17 bits per heavy atom. The van der Waals surface area contributed by atoms with Gasteiger partial charge in [-0.05, 0) is 24.3 Å². The minimum atomic E-state index is -0.571. The molecule has 1 heterocycles. The number of fused-ring (bicyclic) bond motifs is 1. The number of benzene rings is 2. The summed E-state index contributed by atoms with van der Waals surface area (Å²) in [6.07, 6.45) is 1.15. The van der Waals surface area contributed by atoms with Crippen molar-refractivity contribution < 1.29 is 18.7 Å². The van der Waals surface area contributed by atoms with Crippen molar-refractivity contribution >= 4 is 28.5 Å². The van der Waals surface area contributed by atoms with Crippen LogP contribution in [0.3, 0.4) is 0 Å². The highest BCUT2D eigenvalue weighted by atomic mass is 35.5. The van der Waals surface area contributed by atoms with Gasteiger partial charge in [0.05, 0.1) is 12.5 Å². The van der Waals surface area contributed by atoms with Crippen molar-refractivity contribution in [2.75, 3.05) is 7.11 Å². The molecule has 5 nitrogen and oxygen atoms in total. The molecule has 0 aliphatic carbocycles. The normalized spacial score (nSPS) is 10.5. The number of halogens is 1. The molecule has 0 saturated heterocycles. The monoisotopic (exact) mass is 330 g/mol. The van der Waals surface area contributed by atoms with Crippen LogP contribution in [0.5, 0.6) is 11.5 Å². The number of hydrogen-bond acceptors (Lipinski definition) is 5. The van der Waals surface area contributed by atoms with Gasteiger partial charge < -0.3 is 13.9 Å². The zero-order valence-corrected chi connectivity index (χ0v) is 12.8. The predicted molar refractivity (Wildman–Crippen MR) is 85.4 cm³/mol. The second kappa shape index (κ2) is 6.14. The van der Waals surface area contributed by atoms with Gasteiger partial charge in [0.2, 0.25) is 5.43 Å². The first kappa shape index (κ1) is 15.1. The number of rotatable bonds is 3. The molecular formula is C17H11ClO5. The Hall–Kier alpha value is -2.79. The zero-order chi connectivity index (χ0) is 16.4. The van der Waals surface area contributed by atoms with Crippen LogP contribution in [0.15, 0.2) is 57.9 Å². The van der Waals surface area contributed by atoms with Crippen LogP contribution < -0.4 is 14.9 Å². The topological polar surface area (TPSA) is 65.7 Å². The predicted octanol–water partition coefficient (Wildman–Crippen LogP) is 3.67. The number of methoxy groups -OCH3 is 1. The number of carbonyl (C=O) groups excluding carboxylic acids is 1. The lowest BCUT2D eigenvalue weighted by Crippen LogP contribution is -2.10. The third-order valence-electron chi connectivity index (χ3n) is 3.24. The van der Waals surface area contributed by atoms with Gasteiger partial charge in [0.15, 0.2) is 0 Å². The number of ether oxygens (including phenoxy) is 2. The summed E-state index contributed by atoms with van der Waals surface area (Å²) in [5, 5.41) is 0.311. The van der Waals surface area contributed by atoms with Crippen molar-refractivity contribution in [3.63, 3.8) is 0 Å². The Kier molecular flexibility index (Phi) is 4.04. The van der Waals surface area contributed by atoms with Crippen LogP contribution in [0.2, 0.25) is 5.02 Å². The molecule has 2 aromatic carbocycles. The van der Waals surface area contributed by atoms with Gasteiger partial charge >= 0.3 is 5.97 Å². The molecule has 0 radical (unpaired) electrons. The molecule has 0 fully saturated rings. The number of hydrogen-bond donors (Lipinski definition) is 0. The van der Waals surface area contributed by atoms with Crippen LogP contribution >= 0.6 is 11.6 Å². The Bertz CT molecular complexity index is 945. The summed E-state index contributed by atoms with van der Waals surface area (Å²) in [6.45, 7) is 0. The number of esters is 1. The molecule has 1 aromatic heterocycles. The fraction of sp³-hybridized carbons (Fsp3) is 0.0588. The molecule has 0 spiro atoms. The summed E-state index contributed by atoms with van der Waals surface area (Å²) >= 11 is 5.72. The highest BCUT2D eigenvalue weighted by Gasteiger charge is 2.15. The maximum absolute atomic E-state index is 12.2. The molecule has 0 atom stereocenters. The summed E-state index contributed by atoms with van der Waals surface area (Å²) in [4.78, 5) is 24.1. The van der Waals surface area contributed by atoms with Gasteiger partial charge in [0, 0.05) is 6.07 Å². The molecular weight excluding hydrogens is 320 g/mol. The van der Waals surface area contributed by atoms with E-state index in [1.165, 1.54) is 25.3 Å². The SMILES string of the molecule is COc1ccccc1C(=O)Oc1ccc2c(=O)c(Cl)coc2c1. The van der Waals surface area contributed by atoms with Gasteiger partial charge in [-0.25, -0.2) is 4.79 Å². The lowest BCUT2D eigenvalue weighted by molar-refractivity contribution is 0.0731. The van der Waals surface area contributed by atoms with Gasteiger partial charge in [-0.3, -0.25) is 4.79 Å². The van der Waals surface area contributed by atoms with E-state index in [4.69, 9.17) is 25.5 Å². The highest BCUT2D eigenvalue weighted by Crippen LogP contribution is 2.23. The van der Waals surface area contributed by atoms with E-state index in [1.807, 2.05) is 0 Å². The van der Waals surface area contributed by atoms with E-state index in [1.54, 1.807) is 24.3 Å². The van der Waals surface area contributed by atoms with Crippen molar-refractivity contribution in [3.05, 3.63) is 69.5 Å². The highest BCUT2D eigenvalue weighted by molar-refractivity contribution is 6.30. The number of para-hydroxylation sites is 1. The molecule has 0 N–H and O–H groups in total. The summed E-state index contributed by atoms with van der Waals surface area (Å²) in [5.74, 6) is 0.0913. The lowest BCUT2D eigenvalue weighted by atomic mass is 10.2. The molecule has 0 amide bonds. The quantitative estimate of drug-likeness (QED) is 0.541. The van der Waals surface area contributed by atoms with Gasteiger partial charge in [0.25, 0.3) is 0 Å². The van der Waals surface area contributed by atoms with Gasteiger partial charge in [-0.15, -0.1) is 0 Å². The van der Waals surface area contributed by atoms with Crippen molar-refractivity contribution in [1.82, 2.24) is 0 Å². The third-order valence-corrected chi connectivity index (χ3v) is 3.50. The van der Waals surface area contributed by atoms with E-state index >= 15 is 0 Å². The molecule has 6 heteroatoms. The molecule has 3 rings (SSSR count). The van der Waals surface area contributed by atoms with Crippen molar-refractivity contribution in [2.24, 2.45) is 0 Å². The summed E-state index contributed by atoms with van der Waals surface area (Å²) in [7, 11) is 1.47. The minimum absolute atomic E-state index is 0.00346. The molecule has 0 aliphatic rings. The molecule has 23 heavy (non-hydrogen) atoms. The van der Waals surface area contributed by atoms with Crippen molar-refractivity contribution in [3.8, 4) is 11.5 Å². The Balaban J connectivity index is 1.94. The molecule has 116 valence electrons. The standard InChI is InChI=1S/C17H11ClO5/c1-21-14-5-3-2-4-12(14)17(20)23-10-6-7-11-15(8-10)22-9-13(18)16(11)19/h2-9H,1H3. The maximum Gasteiger partial charge on any atom is 0.347 e. The van der Waals surface area contributed by atoms with Crippen LogP contribution in [0.1, 0.15) is 10.4 Å². The van der Waals surface area contributed by atoms with E-state index in [0.717, 1.165) is 6.26 Å². The van der Waals surface area contributed by atoms with E-state index in [0.29, 0.717) is 16.7 Å². The molecule has 0 unspecified atom stereocenters. The first-order valence-corrected chi connectivity index (χ1v) is 7.04. The first-order valence-electron chi connectivity index (χ1n) is 6.66. The smallest absolute Gasteiger partial charge is 0.347 e. The van der Waals surface area contributed by atoms with E-state index in [2.05, 4.69) is 0 Å². The third kappa shape index (κ3) is 2.91. The average molecular weight is 331 g/mol. The van der Waals surface area contributed by atoms with Gasteiger partial charge in [-0.1, -0.05) is 23.7 Å². The van der Waals surface area contributed by atoms with Gasteiger partial charge in [0.1, 0.15) is 33.9 Å². The largest absolute Gasteiger partial charge is 0.496 e. The zero-order valence-electron chi connectivity index (χ0n) is 12.0. The second-order valence-corrected chi connectivity index (χ2v) is 5.07. The van der Waals surface area contributed by atoms with Crippen molar-refractivity contribution in [2.45, 2.75) is 0 Å². The van der Waals surface area contributed by atoms with Crippen LogP contribution in [-0.4, -0.2) is 13.1 Å².